The van der Waals surface area contributed by atoms with Gasteiger partial charge in [0, 0.05) is 12.2 Å². The molecular weight excluding hydrogens is 272 g/mol. The van der Waals surface area contributed by atoms with Crippen LogP contribution in [0.4, 0.5) is 0 Å². The predicted octanol–water partition coefficient (Wildman–Crippen LogP) is 4.91. The van der Waals surface area contributed by atoms with Crippen molar-refractivity contribution in [2.24, 2.45) is 0 Å². The van der Waals surface area contributed by atoms with Gasteiger partial charge in [0.15, 0.2) is 5.78 Å². The number of rotatable bonds is 7. The molecule has 0 heterocycles. The van der Waals surface area contributed by atoms with Crippen molar-refractivity contribution in [2.45, 2.75) is 39.7 Å². The molecule has 0 spiro atoms. The van der Waals surface area contributed by atoms with E-state index in [0.717, 1.165) is 36.1 Å². The summed E-state index contributed by atoms with van der Waals surface area (Å²) in [6.07, 6.45) is 2.19. The number of Topliss-reactive ketones (excluding diaryl/α,β-unsaturated/α-hetero) is 1. The molecule has 0 radical (unpaired) electrons. The lowest BCUT2D eigenvalue weighted by atomic mass is 9.96. The van der Waals surface area contributed by atoms with Crippen molar-refractivity contribution in [3.05, 3.63) is 59.7 Å². The van der Waals surface area contributed by atoms with Crippen LogP contribution in [0.2, 0.25) is 0 Å². The van der Waals surface area contributed by atoms with Crippen molar-refractivity contribution in [2.75, 3.05) is 6.61 Å². The van der Waals surface area contributed by atoms with Crippen LogP contribution in [0.25, 0.3) is 11.1 Å². The van der Waals surface area contributed by atoms with Crippen molar-refractivity contribution in [1.29, 1.82) is 0 Å². The summed E-state index contributed by atoms with van der Waals surface area (Å²) in [4.78, 5) is 11.7. The molecule has 1 atom stereocenters. The molecule has 0 saturated heterocycles. The summed E-state index contributed by atoms with van der Waals surface area (Å²) >= 11 is 0. The Morgan fingerprint density at radius 1 is 1.09 bits per heavy atom. The predicted molar refractivity (Wildman–Crippen MR) is 91.3 cm³/mol. The van der Waals surface area contributed by atoms with E-state index in [4.69, 9.17) is 4.74 Å². The summed E-state index contributed by atoms with van der Waals surface area (Å²) in [7, 11) is 0. The quantitative estimate of drug-likeness (QED) is 0.678. The van der Waals surface area contributed by atoms with Gasteiger partial charge < -0.3 is 4.74 Å². The maximum absolute atomic E-state index is 11.7. The summed E-state index contributed by atoms with van der Waals surface area (Å²) < 4.78 is 5.72. The maximum atomic E-state index is 11.7. The number of ketones is 1. The summed E-state index contributed by atoms with van der Waals surface area (Å²) in [6, 6.07) is 16.2. The lowest BCUT2D eigenvalue weighted by molar-refractivity contribution is 0.0669. The van der Waals surface area contributed by atoms with Crippen molar-refractivity contribution < 1.29 is 9.53 Å². The van der Waals surface area contributed by atoms with E-state index in [1.807, 2.05) is 24.3 Å². The first-order chi connectivity index (χ1) is 10.6. The number of hydrogen-bond donors (Lipinski definition) is 0. The van der Waals surface area contributed by atoms with Crippen LogP contribution in [0.5, 0.6) is 0 Å². The SMILES string of the molecule is CCCOC(C)Cc1ccc(-c2ccccc2C(C)=O)cc1. The van der Waals surface area contributed by atoms with Crippen molar-refractivity contribution >= 4 is 5.78 Å². The Morgan fingerprint density at radius 2 is 1.77 bits per heavy atom. The average Bonchev–Trinajstić information content (AvgIpc) is 2.53. The smallest absolute Gasteiger partial charge is 0.160 e. The van der Waals surface area contributed by atoms with Gasteiger partial charge in [0.25, 0.3) is 0 Å². The second-order valence-electron chi connectivity index (χ2n) is 5.68. The number of benzene rings is 2. The van der Waals surface area contributed by atoms with Crippen LogP contribution >= 0.6 is 0 Å². The Morgan fingerprint density at radius 3 is 2.41 bits per heavy atom. The fourth-order valence-electron chi connectivity index (χ4n) is 2.57. The molecule has 1 unspecified atom stereocenters. The van der Waals surface area contributed by atoms with Gasteiger partial charge in [-0.3, -0.25) is 4.79 Å². The summed E-state index contributed by atoms with van der Waals surface area (Å²) in [6.45, 7) is 6.65. The van der Waals surface area contributed by atoms with E-state index in [2.05, 4.69) is 38.1 Å². The molecule has 2 aromatic rings. The molecule has 22 heavy (non-hydrogen) atoms. The first-order valence-electron chi connectivity index (χ1n) is 7.92. The molecule has 0 amide bonds. The molecular formula is C20H24O2. The van der Waals surface area contributed by atoms with Crippen molar-refractivity contribution in [1.82, 2.24) is 0 Å². The fraction of sp³-hybridized carbons (Fsp3) is 0.350. The van der Waals surface area contributed by atoms with Crippen LogP contribution in [-0.2, 0) is 11.2 Å². The Kier molecular flexibility index (Phi) is 5.91. The summed E-state index contributed by atoms with van der Waals surface area (Å²) in [5.74, 6) is 0.0984. The van der Waals surface area contributed by atoms with Gasteiger partial charge in [0.2, 0.25) is 0 Å². The highest BCUT2D eigenvalue weighted by atomic mass is 16.5. The van der Waals surface area contributed by atoms with E-state index < -0.39 is 0 Å². The van der Waals surface area contributed by atoms with Gasteiger partial charge in [-0.15, -0.1) is 0 Å². The van der Waals surface area contributed by atoms with Gasteiger partial charge in [0.1, 0.15) is 0 Å². The van der Waals surface area contributed by atoms with Crippen molar-refractivity contribution in [3.63, 3.8) is 0 Å². The minimum Gasteiger partial charge on any atom is -0.378 e. The second kappa shape index (κ2) is 7.90. The van der Waals surface area contributed by atoms with Crippen LogP contribution in [-0.4, -0.2) is 18.5 Å². The number of ether oxygens (including phenoxy) is 1. The van der Waals surface area contributed by atoms with Crippen LogP contribution in [0, 0.1) is 0 Å². The van der Waals surface area contributed by atoms with Crippen LogP contribution < -0.4 is 0 Å². The molecule has 116 valence electrons. The fourth-order valence-corrected chi connectivity index (χ4v) is 2.57. The van der Waals surface area contributed by atoms with Gasteiger partial charge >= 0.3 is 0 Å². The van der Waals surface area contributed by atoms with E-state index in [9.17, 15) is 4.79 Å². The zero-order valence-corrected chi connectivity index (χ0v) is 13.6. The normalized spacial score (nSPS) is 12.1. The summed E-state index contributed by atoms with van der Waals surface area (Å²) in [5.41, 5.74) is 4.11. The van der Waals surface area contributed by atoms with Gasteiger partial charge in [-0.2, -0.15) is 0 Å². The average molecular weight is 296 g/mol. The zero-order valence-electron chi connectivity index (χ0n) is 13.6. The molecule has 0 aromatic heterocycles. The van der Waals surface area contributed by atoms with Crippen LogP contribution in [0.3, 0.4) is 0 Å². The molecule has 2 aromatic carbocycles. The van der Waals surface area contributed by atoms with Gasteiger partial charge in [-0.25, -0.2) is 0 Å². The van der Waals surface area contributed by atoms with E-state index in [1.54, 1.807) is 6.92 Å². The van der Waals surface area contributed by atoms with Crippen LogP contribution in [0.1, 0.15) is 43.1 Å². The Labute approximate surface area is 133 Å². The second-order valence-corrected chi connectivity index (χ2v) is 5.68. The molecule has 2 heteroatoms. The zero-order chi connectivity index (χ0) is 15.9. The molecule has 0 bridgehead atoms. The van der Waals surface area contributed by atoms with E-state index in [1.165, 1.54) is 5.56 Å². The van der Waals surface area contributed by atoms with E-state index >= 15 is 0 Å². The highest BCUT2D eigenvalue weighted by Gasteiger charge is 2.09. The number of carbonyl (C=O) groups is 1. The van der Waals surface area contributed by atoms with Gasteiger partial charge in [-0.1, -0.05) is 55.5 Å². The molecule has 2 nitrogen and oxygen atoms in total. The third kappa shape index (κ3) is 4.28. The van der Waals surface area contributed by atoms with E-state index in [-0.39, 0.29) is 11.9 Å². The highest BCUT2D eigenvalue weighted by molar-refractivity contribution is 6.00. The van der Waals surface area contributed by atoms with Crippen LogP contribution in [0.15, 0.2) is 48.5 Å². The Hall–Kier alpha value is -1.93. The molecule has 0 aliphatic rings. The standard InChI is InChI=1S/C20H24O2/c1-4-13-22-15(2)14-17-9-11-18(12-10-17)20-8-6-5-7-19(20)16(3)21/h5-12,15H,4,13-14H2,1-3H3. The highest BCUT2D eigenvalue weighted by Crippen LogP contribution is 2.24. The molecule has 0 N–H and O–H groups in total. The monoisotopic (exact) mass is 296 g/mol. The molecule has 2 rings (SSSR count). The number of carbonyl (C=O) groups excluding carboxylic acids is 1. The Bertz CT molecular complexity index is 614. The third-order valence-corrected chi connectivity index (χ3v) is 3.70. The van der Waals surface area contributed by atoms with E-state index in [0.29, 0.717) is 0 Å². The first-order valence-corrected chi connectivity index (χ1v) is 7.92. The molecule has 0 fully saturated rings. The number of hydrogen-bond acceptors (Lipinski definition) is 2. The molecule has 0 saturated carbocycles. The third-order valence-electron chi connectivity index (χ3n) is 3.70. The van der Waals surface area contributed by atoms with Gasteiger partial charge in [0.05, 0.1) is 6.10 Å². The van der Waals surface area contributed by atoms with Gasteiger partial charge in [-0.05, 0) is 43.4 Å². The minimum atomic E-state index is 0.0984. The lowest BCUT2D eigenvalue weighted by Crippen LogP contribution is -2.12. The largest absolute Gasteiger partial charge is 0.378 e. The molecule has 0 aliphatic carbocycles. The lowest BCUT2D eigenvalue weighted by Gasteiger charge is -2.13. The minimum absolute atomic E-state index is 0.0984. The maximum Gasteiger partial charge on any atom is 0.160 e. The molecule has 0 aliphatic heterocycles. The summed E-state index contributed by atoms with van der Waals surface area (Å²) in [5, 5.41) is 0. The topological polar surface area (TPSA) is 26.3 Å². The first kappa shape index (κ1) is 16.4. The van der Waals surface area contributed by atoms with Crippen molar-refractivity contribution in [3.8, 4) is 11.1 Å². The Balaban J connectivity index is 2.14.